The topological polar surface area (TPSA) is 38.8 Å². The van der Waals surface area contributed by atoms with Crippen molar-refractivity contribution in [3.63, 3.8) is 0 Å². The highest BCUT2D eigenvalue weighted by atomic mass is 16.5. The molecular weight excluding hydrogens is 362 g/mol. The van der Waals surface area contributed by atoms with Crippen molar-refractivity contribution in [2.24, 2.45) is 0 Å². The van der Waals surface area contributed by atoms with Gasteiger partial charge in [0.25, 0.3) is 0 Å². The van der Waals surface area contributed by atoms with Crippen LogP contribution < -0.4 is 14.4 Å². The molecule has 3 rings (SSSR count). The van der Waals surface area contributed by atoms with Gasteiger partial charge in [0, 0.05) is 23.1 Å². The second-order valence-corrected chi connectivity index (χ2v) is 6.88. The number of nitrogens with zero attached hydrogens (tertiary/aromatic N) is 1. The van der Waals surface area contributed by atoms with Gasteiger partial charge >= 0.3 is 5.97 Å². The summed E-state index contributed by atoms with van der Waals surface area (Å²) in [4.78, 5) is 13.6. The number of carbonyl (C=O) groups excluding carboxylic acids is 1. The maximum absolute atomic E-state index is 11.4. The first-order chi connectivity index (χ1) is 13.9. The normalized spacial score (nSPS) is 10.3. The Morgan fingerprint density at radius 1 is 0.828 bits per heavy atom. The molecule has 0 N–H and O–H groups in total. The van der Waals surface area contributed by atoms with Gasteiger partial charge in [-0.2, -0.15) is 0 Å². The summed E-state index contributed by atoms with van der Waals surface area (Å²) in [5.74, 6) is 0.847. The maximum atomic E-state index is 11.4. The zero-order valence-electron chi connectivity index (χ0n) is 17.2. The number of ether oxygens (including phenoxy) is 2. The second-order valence-electron chi connectivity index (χ2n) is 6.88. The number of carbonyl (C=O) groups is 1. The number of aryl methyl sites for hydroxylation is 3. The minimum atomic E-state index is -0.477. The number of hydrogen-bond donors (Lipinski definition) is 0. The lowest BCUT2D eigenvalue weighted by atomic mass is 10.1. The van der Waals surface area contributed by atoms with Crippen molar-refractivity contribution in [3.05, 3.63) is 90.0 Å². The second kappa shape index (κ2) is 8.65. The fraction of sp³-hybridized carbons (Fsp3) is 0.160. The Balaban J connectivity index is 2.07. The smallest absolute Gasteiger partial charge is 0.335 e. The summed E-state index contributed by atoms with van der Waals surface area (Å²) in [6, 6.07) is 19.9. The van der Waals surface area contributed by atoms with Crippen LogP contribution in [0.15, 0.2) is 73.3 Å². The number of hydrogen-bond acceptors (Lipinski definition) is 4. The molecule has 0 fully saturated rings. The molecule has 29 heavy (non-hydrogen) atoms. The molecule has 0 heterocycles. The van der Waals surface area contributed by atoms with E-state index in [4.69, 9.17) is 9.47 Å². The Kier molecular flexibility index (Phi) is 6.03. The summed E-state index contributed by atoms with van der Waals surface area (Å²) in [6.07, 6.45) is 1.15. The largest absolute Gasteiger partial charge is 0.496 e. The van der Waals surface area contributed by atoms with Gasteiger partial charge in [0.05, 0.1) is 7.11 Å². The molecule has 4 nitrogen and oxygen atoms in total. The van der Waals surface area contributed by atoms with Crippen LogP contribution in [-0.2, 0) is 4.79 Å². The van der Waals surface area contributed by atoms with E-state index in [9.17, 15) is 4.79 Å². The zero-order valence-corrected chi connectivity index (χ0v) is 17.2. The Hall–Kier alpha value is -3.53. The number of benzene rings is 3. The Morgan fingerprint density at radius 2 is 1.41 bits per heavy atom. The lowest BCUT2D eigenvalue weighted by molar-refractivity contribution is -0.128. The molecule has 0 atom stereocenters. The van der Waals surface area contributed by atoms with E-state index in [0.29, 0.717) is 5.75 Å². The quantitative estimate of drug-likeness (QED) is 0.287. The number of anilines is 3. The van der Waals surface area contributed by atoms with Crippen molar-refractivity contribution in [1.82, 2.24) is 0 Å². The van der Waals surface area contributed by atoms with Crippen LogP contribution >= 0.6 is 0 Å². The van der Waals surface area contributed by atoms with Crippen LogP contribution in [0.1, 0.15) is 16.7 Å². The first kappa shape index (κ1) is 20.2. The predicted octanol–water partition coefficient (Wildman–Crippen LogP) is 6.18. The van der Waals surface area contributed by atoms with E-state index in [1.807, 2.05) is 31.2 Å². The molecule has 0 aliphatic rings. The SMILES string of the molecule is C=CC(=O)Oc1ccc(N(c2ccc(C)c(C)c2)c2ccc(OC)c(C)c2)cc1. The molecular formula is C25H25NO3. The number of esters is 1. The molecule has 0 bridgehead atoms. The first-order valence-electron chi connectivity index (χ1n) is 9.39. The molecule has 0 unspecified atom stereocenters. The van der Waals surface area contributed by atoms with Crippen LogP contribution in [0.25, 0.3) is 0 Å². The van der Waals surface area contributed by atoms with Crippen molar-refractivity contribution in [2.75, 3.05) is 12.0 Å². The third-order valence-electron chi connectivity index (χ3n) is 4.87. The zero-order chi connectivity index (χ0) is 21.0. The molecule has 0 aliphatic carbocycles. The molecule has 0 spiro atoms. The van der Waals surface area contributed by atoms with E-state index in [-0.39, 0.29) is 0 Å². The molecule has 0 aliphatic heterocycles. The fourth-order valence-corrected chi connectivity index (χ4v) is 3.13. The van der Waals surface area contributed by atoms with E-state index >= 15 is 0 Å². The van der Waals surface area contributed by atoms with Crippen molar-refractivity contribution >= 4 is 23.0 Å². The van der Waals surface area contributed by atoms with Crippen LogP contribution in [0.2, 0.25) is 0 Å². The van der Waals surface area contributed by atoms with Crippen molar-refractivity contribution in [3.8, 4) is 11.5 Å². The number of rotatable bonds is 6. The van der Waals surface area contributed by atoms with Crippen molar-refractivity contribution in [1.29, 1.82) is 0 Å². The first-order valence-corrected chi connectivity index (χ1v) is 9.39. The van der Waals surface area contributed by atoms with Crippen molar-refractivity contribution < 1.29 is 14.3 Å². The molecule has 3 aromatic rings. The van der Waals surface area contributed by atoms with Gasteiger partial charge in [-0.3, -0.25) is 0 Å². The van der Waals surface area contributed by atoms with Gasteiger partial charge in [-0.1, -0.05) is 12.6 Å². The molecule has 0 saturated heterocycles. The average molecular weight is 387 g/mol. The molecule has 0 aromatic heterocycles. The average Bonchev–Trinajstić information content (AvgIpc) is 2.72. The van der Waals surface area contributed by atoms with E-state index in [1.54, 1.807) is 19.2 Å². The van der Waals surface area contributed by atoms with E-state index in [1.165, 1.54) is 11.1 Å². The molecule has 3 aromatic carbocycles. The highest BCUT2D eigenvalue weighted by molar-refractivity contribution is 5.83. The Labute approximate surface area is 172 Å². The summed E-state index contributed by atoms with van der Waals surface area (Å²) >= 11 is 0. The van der Waals surface area contributed by atoms with E-state index < -0.39 is 5.97 Å². The van der Waals surface area contributed by atoms with E-state index in [2.05, 4.69) is 49.6 Å². The van der Waals surface area contributed by atoms with Gasteiger partial charge in [-0.15, -0.1) is 0 Å². The third kappa shape index (κ3) is 4.49. The molecule has 0 amide bonds. The van der Waals surface area contributed by atoms with Crippen LogP contribution in [0.3, 0.4) is 0 Å². The van der Waals surface area contributed by atoms with Crippen LogP contribution in [0, 0.1) is 20.8 Å². The highest BCUT2D eigenvalue weighted by Gasteiger charge is 2.15. The summed E-state index contributed by atoms with van der Waals surface area (Å²) in [5, 5.41) is 0. The van der Waals surface area contributed by atoms with Gasteiger partial charge < -0.3 is 14.4 Å². The Morgan fingerprint density at radius 3 is 1.97 bits per heavy atom. The van der Waals surface area contributed by atoms with Crippen LogP contribution in [0.5, 0.6) is 11.5 Å². The van der Waals surface area contributed by atoms with Gasteiger partial charge in [0.2, 0.25) is 0 Å². The molecule has 0 saturated carbocycles. The van der Waals surface area contributed by atoms with Gasteiger partial charge in [0.15, 0.2) is 0 Å². The monoisotopic (exact) mass is 387 g/mol. The standard InChI is InChI=1S/C25H25NO3/c1-6-25(27)29-23-12-9-20(10-13-23)26(21-8-7-17(2)18(3)15-21)22-11-14-24(28-5)19(4)16-22/h6-16H,1H2,2-5H3. The molecule has 148 valence electrons. The van der Waals surface area contributed by atoms with Crippen molar-refractivity contribution in [2.45, 2.75) is 20.8 Å². The summed E-state index contributed by atoms with van der Waals surface area (Å²) in [5.41, 5.74) is 6.53. The van der Waals surface area contributed by atoms with Gasteiger partial charge in [0.1, 0.15) is 11.5 Å². The summed E-state index contributed by atoms with van der Waals surface area (Å²) < 4.78 is 10.6. The van der Waals surface area contributed by atoms with Crippen LogP contribution in [0.4, 0.5) is 17.1 Å². The van der Waals surface area contributed by atoms with Gasteiger partial charge in [-0.25, -0.2) is 4.79 Å². The lowest BCUT2D eigenvalue weighted by Gasteiger charge is -2.27. The Bertz CT molecular complexity index is 1040. The molecule has 4 heteroatoms. The minimum Gasteiger partial charge on any atom is -0.496 e. The predicted molar refractivity (Wildman–Crippen MR) is 118 cm³/mol. The van der Waals surface area contributed by atoms with Crippen LogP contribution in [-0.4, -0.2) is 13.1 Å². The van der Waals surface area contributed by atoms with Gasteiger partial charge in [-0.05, 0) is 92.1 Å². The third-order valence-corrected chi connectivity index (χ3v) is 4.87. The minimum absolute atomic E-state index is 0.476. The molecule has 0 radical (unpaired) electrons. The highest BCUT2D eigenvalue weighted by Crippen LogP contribution is 2.37. The number of methoxy groups -OCH3 is 1. The lowest BCUT2D eigenvalue weighted by Crippen LogP contribution is -2.11. The maximum Gasteiger partial charge on any atom is 0.335 e. The van der Waals surface area contributed by atoms with E-state index in [0.717, 1.165) is 34.5 Å². The summed E-state index contributed by atoms with van der Waals surface area (Å²) in [6.45, 7) is 9.66. The summed E-state index contributed by atoms with van der Waals surface area (Å²) in [7, 11) is 1.67. The fourth-order valence-electron chi connectivity index (χ4n) is 3.13.